The number of carbonyl (C=O) groups excluding carboxylic acids is 1. The van der Waals surface area contributed by atoms with Gasteiger partial charge in [-0.05, 0) is 42.8 Å². The van der Waals surface area contributed by atoms with Gasteiger partial charge in [0.2, 0.25) is 5.91 Å². The van der Waals surface area contributed by atoms with Gasteiger partial charge in [0.05, 0.1) is 10.6 Å². The molecule has 5 nitrogen and oxygen atoms in total. The predicted octanol–water partition coefficient (Wildman–Crippen LogP) is 3.41. The van der Waals surface area contributed by atoms with E-state index in [1.807, 2.05) is 0 Å². The van der Waals surface area contributed by atoms with Crippen molar-refractivity contribution in [3.63, 3.8) is 0 Å². The normalized spacial score (nSPS) is 11.0. The molecule has 1 amide bonds. The molecule has 0 aliphatic heterocycles. The molecular formula is C15H15ClN2O3S. The van der Waals surface area contributed by atoms with Crippen molar-refractivity contribution in [1.82, 2.24) is 0 Å². The van der Waals surface area contributed by atoms with Gasteiger partial charge in [-0.3, -0.25) is 9.52 Å². The lowest BCUT2D eigenvalue weighted by Crippen LogP contribution is -2.14. The zero-order valence-corrected chi connectivity index (χ0v) is 13.6. The topological polar surface area (TPSA) is 75.3 Å². The second kappa shape index (κ2) is 6.37. The first-order chi connectivity index (χ1) is 10.3. The monoisotopic (exact) mass is 338 g/mol. The minimum absolute atomic E-state index is 0.0572. The summed E-state index contributed by atoms with van der Waals surface area (Å²) in [6, 6.07) is 11.0. The van der Waals surface area contributed by atoms with Crippen molar-refractivity contribution in [3.8, 4) is 0 Å². The van der Waals surface area contributed by atoms with Crippen molar-refractivity contribution in [3.05, 3.63) is 53.1 Å². The van der Waals surface area contributed by atoms with Crippen LogP contribution in [-0.4, -0.2) is 14.3 Å². The van der Waals surface area contributed by atoms with Crippen LogP contribution in [-0.2, 0) is 14.8 Å². The van der Waals surface area contributed by atoms with Gasteiger partial charge < -0.3 is 5.32 Å². The molecule has 2 aromatic rings. The van der Waals surface area contributed by atoms with Gasteiger partial charge in [-0.1, -0.05) is 23.7 Å². The van der Waals surface area contributed by atoms with Gasteiger partial charge in [-0.2, -0.15) is 0 Å². The zero-order valence-electron chi connectivity index (χ0n) is 12.1. The summed E-state index contributed by atoms with van der Waals surface area (Å²) in [5.74, 6) is -0.263. The van der Waals surface area contributed by atoms with Crippen LogP contribution < -0.4 is 10.0 Å². The molecule has 2 N–H and O–H groups in total. The van der Waals surface area contributed by atoms with Crippen LogP contribution >= 0.6 is 11.6 Å². The van der Waals surface area contributed by atoms with E-state index in [2.05, 4.69) is 10.0 Å². The van der Waals surface area contributed by atoms with E-state index in [-0.39, 0.29) is 10.8 Å². The highest BCUT2D eigenvalue weighted by Gasteiger charge is 2.16. The van der Waals surface area contributed by atoms with E-state index < -0.39 is 10.0 Å². The van der Waals surface area contributed by atoms with E-state index in [0.29, 0.717) is 16.4 Å². The van der Waals surface area contributed by atoms with E-state index >= 15 is 0 Å². The molecule has 0 aliphatic rings. The highest BCUT2D eigenvalue weighted by atomic mass is 35.5. The van der Waals surface area contributed by atoms with Crippen LogP contribution in [0.1, 0.15) is 12.5 Å². The molecule has 0 fully saturated rings. The lowest BCUT2D eigenvalue weighted by atomic mass is 10.2. The van der Waals surface area contributed by atoms with Crippen LogP contribution in [0.3, 0.4) is 0 Å². The molecule has 116 valence electrons. The second-order valence-corrected chi connectivity index (χ2v) is 6.89. The van der Waals surface area contributed by atoms with Gasteiger partial charge >= 0.3 is 0 Å². The Morgan fingerprint density at radius 1 is 1.14 bits per heavy atom. The molecule has 0 aliphatic carbocycles. The Bertz CT molecular complexity index is 819. The molecule has 0 bridgehead atoms. The van der Waals surface area contributed by atoms with Crippen molar-refractivity contribution >= 4 is 38.9 Å². The molecule has 2 aromatic carbocycles. The third kappa shape index (κ3) is 3.99. The largest absolute Gasteiger partial charge is 0.326 e. The summed E-state index contributed by atoms with van der Waals surface area (Å²) in [4.78, 5) is 11.2. The number of benzene rings is 2. The van der Waals surface area contributed by atoms with Crippen molar-refractivity contribution in [2.75, 3.05) is 10.0 Å². The number of nitrogens with one attached hydrogen (secondary N) is 2. The van der Waals surface area contributed by atoms with Gasteiger partial charge in [-0.25, -0.2) is 8.42 Å². The minimum Gasteiger partial charge on any atom is -0.326 e. The molecule has 0 unspecified atom stereocenters. The number of hydrogen-bond acceptors (Lipinski definition) is 3. The number of halogens is 1. The third-order valence-corrected chi connectivity index (χ3v) is 4.52. The Morgan fingerprint density at radius 3 is 2.50 bits per heavy atom. The van der Waals surface area contributed by atoms with Gasteiger partial charge in [0, 0.05) is 17.6 Å². The second-order valence-electron chi connectivity index (χ2n) is 4.77. The van der Waals surface area contributed by atoms with Crippen LogP contribution in [0.15, 0.2) is 47.4 Å². The predicted molar refractivity (Wildman–Crippen MR) is 87.7 cm³/mol. The van der Waals surface area contributed by atoms with Crippen LogP contribution in [0.4, 0.5) is 11.4 Å². The van der Waals surface area contributed by atoms with Crippen molar-refractivity contribution in [2.45, 2.75) is 18.7 Å². The highest BCUT2D eigenvalue weighted by Crippen LogP contribution is 2.23. The summed E-state index contributed by atoms with van der Waals surface area (Å²) < 4.78 is 27.2. The fourth-order valence-corrected chi connectivity index (χ4v) is 3.12. The SMILES string of the molecule is CC(=O)Nc1cc(S(=O)(=O)Nc2cccc(Cl)c2)ccc1C. The molecule has 0 saturated heterocycles. The number of aryl methyl sites for hydroxylation is 1. The number of carbonyl (C=O) groups is 1. The number of hydrogen-bond donors (Lipinski definition) is 2. The zero-order chi connectivity index (χ0) is 16.3. The molecule has 0 heterocycles. The molecule has 2 rings (SSSR count). The maximum Gasteiger partial charge on any atom is 0.261 e. The van der Waals surface area contributed by atoms with Crippen LogP contribution in [0.5, 0.6) is 0 Å². The summed E-state index contributed by atoms with van der Waals surface area (Å²) in [5, 5.41) is 3.04. The lowest BCUT2D eigenvalue weighted by Gasteiger charge is -2.11. The number of anilines is 2. The third-order valence-electron chi connectivity index (χ3n) is 2.91. The fraction of sp³-hybridized carbons (Fsp3) is 0.133. The highest BCUT2D eigenvalue weighted by molar-refractivity contribution is 7.92. The summed E-state index contributed by atoms with van der Waals surface area (Å²) in [6.07, 6.45) is 0. The maximum absolute atomic E-state index is 12.4. The molecule has 0 aromatic heterocycles. The Kier molecular flexibility index (Phi) is 4.73. The van der Waals surface area contributed by atoms with E-state index in [1.165, 1.54) is 25.1 Å². The van der Waals surface area contributed by atoms with Gasteiger partial charge in [-0.15, -0.1) is 0 Å². The number of amides is 1. The van der Waals surface area contributed by atoms with E-state index in [0.717, 1.165) is 5.56 Å². The molecular weight excluding hydrogens is 324 g/mol. The fourth-order valence-electron chi connectivity index (χ4n) is 1.86. The Morgan fingerprint density at radius 2 is 1.86 bits per heavy atom. The van der Waals surface area contributed by atoms with Gasteiger partial charge in [0.25, 0.3) is 10.0 Å². The summed E-state index contributed by atoms with van der Waals surface area (Å²) in [6.45, 7) is 3.15. The molecule has 0 saturated carbocycles. The smallest absolute Gasteiger partial charge is 0.261 e. The van der Waals surface area contributed by atoms with Crippen LogP contribution in [0, 0.1) is 6.92 Å². The first-order valence-electron chi connectivity index (χ1n) is 6.44. The Labute approximate surface area is 134 Å². The lowest BCUT2D eigenvalue weighted by molar-refractivity contribution is -0.114. The number of sulfonamides is 1. The Balaban J connectivity index is 2.35. The first-order valence-corrected chi connectivity index (χ1v) is 8.31. The van der Waals surface area contributed by atoms with E-state index in [4.69, 9.17) is 11.6 Å². The number of rotatable bonds is 4. The van der Waals surface area contributed by atoms with Crippen LogP contribution in [0.2, 0.25) is 5.02 Å². The van der Waals surface area contributed by atoms with E-state index in [9.17, 15) is 13.2 Å². The quantitative estimate of drug-likeness (QED) is 0.897. The van der Waals surface area contributed by atoms with Crippen molar-refractivity contribution in [1.29, 1.82) is 0 Å². The van der Waals surface area contributed by atoms with E-state index in [1.54, 1.807) is 31.2 Å². The first kappa shape index (κ1) is 16.3. The van der Waals surface area contributed by atoms with Crippen LogP contribution in [0.25, 0.3) is 0 Å². The van der Waals surface area contributed by atoms with Gasteiger partial charge in [0.1, 0.15) is 0 Å². The molecule has 22 heavy (non-hydrogen) atoms. The molecule has 0 atom stereocenters. The molecule has 0 radical (unpaired) electrons. The van der Waals surface area contributed by atoms with Crippen molar-refractivity contribution < 1.29 is 13.2 Å². The Hall–Kier alpha value is -2.05. The standard InChI is InChI=1S/C15H15ClN2O3S/c1-10-6-7-14(9-15(10)17-11(2)19)22(20,21)18-13-5-3-4-12(16)8-13/h3-9,18H,1-2H3,(H,17,19). The van der Waals surface area contributed by atoms with Crippen molar-refractivity contribution in [2.24, 2.45) is 0 Å². The molecule has 0 spiro atoms. The minimum atomic E-state index is -3.77. The average Bonchev–Trinajstić information content (AvgIpc) is 2.40. The summed E-state index contributed by atoms with van der Waals surface area (Å²) >= 11 is 5.84. The molecule has 7 heteroatoms. The summed E-state index contributed by atoms with van der Waals surface area (Å²) in [7, 11) is -3.77. The summed E-state index contributed by atoms with van der Waals surface area (Å²) in [5.41, 5.74) is 1.60. The maximum atomic E-state index is 12.4. The van der Waals surface area contributed by atoms with Gasteiger partial charge in [0.15, 0.2) is 0 Å². The average molecular weight is 339 g/mol.